The minimum atomic E-state index is -0.620. The van der Waals surface area contributed by atoms with E-state index in [1.807, 2.05) is 27.7 Å². The molecule has 2 amide bonds. The summed E-state index contributed by atoms with van der Waals surface area (Å²) in [5.41, 5.74) is 0.709. The van der Waals surface area contributed by atoms with Crippen LogP contribution in [-0.4, -0.2) is 28.5 Å². The highest BCUT2D eigenvalue weighted by Gasteiger charge is 2.53. The second-order valence-electron chi connectivity index (χ2n) is 7.44. The van der Waals surface area contributed by atoms with Crippen molar-refractivity contribution in [3.8, 4) is 0 Å². The van der Waals surface area contributed by atoms with E-state index in [-0.39, 0.29) is 29.7 Å². The average Bonchev–Trinajstić information content (AvgIpc) is 2.57. The molecule has 118 valence electrons. The van der Waals surface area contributed by atoms with Gasteiger partial charge in [0.05, 0.1) is 6.04 Å². The lowest BCUT2D eigenvalue weighted by Gasteiger charge is -2.34. The van der Waals surface area contributed by atoms with Gasteiger partial charge in [-0.1, -0.05) is 32.4 Å². The van der Waals surface area contributed by atoms with Gasteiger partial charge in [-0.25, -0.2) is 9.69 Å². The Bertz CT molecular complexity index is 478. The minimum absolute atomic E-state index is 0.0690. The Hall–Kier alpha value is -1.32. The van der Waals surface area contributed by atoms with E-state index in [0.29, 0.717) is 0 Å². The summed E-state index contributed by atoms with van der Waals surface area (Å²) in [6, 6.07) is -0.197. The SMILES string of the molecule is CC1=CC[C@H](C(=O)N2C(=O)OC(C)(C)[C@@H]2C(C)C)[C@@H](C)C1. The summed E-state index contributed by atoms with van der Waals surface area (Å²) >= 11 is 0. The number of carbonyl (C=O) groups excluding carboxylic acids is 2. The van der Waals surface area contributed by atoms with Gasteiger partial charge in [-0.05, 0) is 45.4 Å². The fourth-order valence-electron chi connectivity index (χ4n) is 3.90. The molecule has 4 nitrogen and oxygen atoms in total. The van der Waals surface area contributed by atoms with Crippen molar-refractivity contribution in [3.63, 3.8) is 0 Å². The van der Waals surface area contributed by atoms with Crippen molar-refractivity contribution in [2.24, 2.45) is 17.8 Å². The predicted molar refractivity (Wildman–Crippen MR) is 81.7 cm³/mol. The fraction of sp³-hybridized carbons (Fsp3) is 0.765. The molecule has 1 aliphatic heterocycles. The maximum absolute atomic E-state index is 12.9. The number of carbonyl (C=O) groups is 2. The van der Waals surface area contributed by atoms with E-state index in [2.05, 4.69) is 19.9 Å². The Morgan fingerprint density at radius 3 is 2.57 bits per heavy atom. The van der Waals surface area contributed by atoms with Crippen molar-refractivity contribution in [3.05, 3.63) is 11.6 Å². The summed E-state index contributed by atoms with van der Waals surface area (Å²) in [7, 11) is 0. The molecule has 2 aliphatic rings. The van der Waals surface area contributed by atoms with Crippen LogP contribution in [0.25, 0.3) is 0 Å². The zero-order valence-electron chi connectivity index (χ0n) is 14.0. The number of amides is 2. The molecule has 3 atom stereocenters. The Morgan fingerprint density at radius 1 is 1.43 bits per heavy atom. The van der Waals surface area contributed by atoms with Crippen LogP contribution < -0.4 is 0 Å². The molecule has 0 aromatic heterocycles. The number of cyclic esters (lactones) is 1. The fourth-order valence-corrected chi connectivity index (χ4v) is 3.90. The molecular formula is C17H27NO3. The number of nitrogens with zero attached hydrogens (tertiary/aromatic N) is 1. The summed E-state index contributed by atoms with van der Waals surface area (Å²) in [5.74, 6) is 0.260. The van der Waals surface area contributed by atoms with Crippen LogP contribution in [0, 0.1) is 17.8 Å². The summed E-state index contributed by atoms with van der Waals surface area (Å²) < 4.78 is 5.45. The highest BCUT2D eigenvalue weighted by atomic mass is 16.6. The molecule has 2 rings (SSSR count). The Kier molecular flexibility index (Phi) is 4.18. The van der Waals surface area contributed by atoms with Gasteiger partial charge in [-0.3, -0.25) is 4.79 Å². The van der Waals surface area contributed by atoms with Crippen molar-refractivity contribution in [2.45, 2.75) is 66.0 Å². The molecule has 0 bridgehead atoms. The largest absolute Gasteiger partial charge is 0.441 e. The molecule has 0 spiro atoms. The average molecular weight is 293 g/mol. The number of rotatable bonds is 2. The Morgan fingerprint density at radius 2 is 2.05 bits per heavy atom. The summed E-state index contributed by atoms with van der Waals surface area (Å²) in [6.07, 6.45) is 3.29. The zero-order valence-corrected chi connectivity index (χ0v) is 14.0. The standard InChI is InChI=1S/C17H27NO3/c1-10(2)14-17(5,6)21-16(20)18(14)15(19)13-8-7-11(3)9-12(13)4/h7,10,12-14H,8-9H2,1-6H3/t12-,13-,14-/m0/s1. The third kappa shape index (κ3) is 2.85. The topological polar surface area (TPSA) is 46.6 Å². The first kappa shape index (κ1) is 16.1. The Balaban J connectivity index is 2.27. The third-order valence-corrected chi connectivity index (χ3v) is 4.77. The van der Waals surface area contributed by atoms with Crippen LogP contribution in [0.3, 0.4) is 0 Å². The summed E-state index contributed by atoms with van der Waals surface area (Å²) in [5, 5.41) is 0. The van der Waals surface area contributed by atoms with Crippen molar-refractivity contribution in [2.75, 3.05) is 0 Å². The van der Waals surface area contributed by atoms with E-state index in [4.69, 9.17) is 4.74 Å². The predicted octanol–water partition coefficient (Wildman–Crippen LogP) is 3.76. The monoisotopic (exact) mass is 293 g/mol. The lowest BCUT2D eigenvalue weighted by molar-refractivity contribution is -0.136. The van der Waals surface area contributed by atoms with Gasteiger partial charge in [0.15, 0.2) is 0 Å². The lowest BCUT2D eigenvalue weighted by atomic mass is 9.79. The van der Waals surface area contributed by atoms with Gasteiger partial charge in [0, 0.05) is 5.92 Å². The van der Waals surface area contributed by atoms with Crippen molar-refractivity contribution >= 4 is 12.0 Å². The molecule has 1 aliphatic carbocycles. The lowest BCUT2D eigenvalue weighted by Crippen LogP contribution is -2.50. The highest BCUT2D eigenvalue weighted by Crippen LogP contribution is 2.38. The molecule has 0 unspecified atom stereocenters. The van der Waals surface area contributed by atoms with E-state index in [1.165, 1.54) is 10.5 Å². The summed E-state index contributed by atoms with van der Waals surface area (Å²) in [4.78, 5) is 26.5. The van der Waals surface area contributed by atoms with Crippen LogP contribution in [0.15, 0.2) is 11.6 Å². The van der Waals surface area contributed by atoms with Crippen LogP contribution in [0.2, 0.25) is 0 Å². The molecule has 0 saturated carbocycles. The van der Waals surface area contributed by atoms with Crippen LogP contribution in [-0.2, 0) is 9.53 Å². The Labute approximate surface area is 127 Å². The molecule has 21 heavy (non-hydrogen) atoms. The van der Waals surface area contributed by atoms with Gasteiger partial charge in [0.25, 0.3) is 0 Å². The van der Waals surface area contributed by atoms with Crippen LogP contribution in [0.5, 0.6) is 0 Å². The van der Waals surface area contributed by atoms with E-state index >= 15 is 0 Å². The number of hydrogen-bond donors (Lipinski definition) is 0. The van der Waals surface area contributed by atoms with Crippen molar-refractivity contribution < 1.29 is 14.3 Å². The molecule has 1 heterocycles. The first-order valence-corrected chi connectivity index (χ1v) is 7.86. The molecule has 0 aromatic rings. The quantitative estimate of drug-likeness (QED) is 0.728. The second kappa shape index (κ2) is 5.47. The smallest absolute Gasteiger partial charge is 0.417 e. The second-order valence-corrected chi connectivity index (χ2v) is 7.44. The summed E-state index contributed by atoms with van der Waals surface area (Å²) in [6.45, 7) is 12.0. The number of imide groups is 1. The van der Waals surface area contributed by atoms with Gasteiger partial charge in [-0.2, -0.15) is 0 Å². The molecule has 0 radical (unpaired) electrons. The minimum Gasteiger partial charge on any atom is -0.441 e. The number of hydrogen-bond acceptors (Lipinski definition) is 3. The van der Waals surface area contributed by atoms with Crippen molar-refractivity contribution in [1.82, 2.24) is 4.90 Å². The number of allylic oxidation sites excluding steroid dienone is 2. The molecule has 0 aromatic carbocycles. The van der Waals surface area contributed by atoms with E-state index in [0.717, 1.165) is 12.8 Å². The first-order valence-electron chi connectivity index (χ1n) is 7.86. The van der Waals surface area contributed by atoms with Crippen molar-refractivity contribution in [1.29, 1.82) is 0 Å². The normalized spacial score (nSPS) is 32.1. The van der Waals surface area contributed by atoms with Gasteiger partial charge in [0.2, 0.25) is 5.91 Å². The van der Waals surface area contributed by atoms with Gasteiger partial charge in [0.1, 0.15) is 5.60 Å². The van der Waals surface area contributed by atoms with E-state index < -0.39 is 11.7 Å². The highest BCUT2D eigenvalue weighted by molar-refractivity contribution is 5.95. The van der Waals surface area contributed by atoms with Crippen LogP contribution in [0.1, 0.15) is 54.4 Å². The third-order valence-electron chi connectivity index (χ3n) is 4.77. The molecular weight excluding hydrogens is 266 g/mol. The molecule has 0 N–H and O–H groups in total. The number of ether oxygens (including phenoxy) is 1. The molecule has 1 fully saturated rings. The maximum Gasteiger partial charge on any atom is 0.417 e. The molecule has 4 heteroatoms. The van der Waals surface area contributed by atoms with E-state index in [1.54, 1.807) is 0 Å². The first-order chi connectivity index (χ1) is 9.65. The van der Waals surface area contributed by atoms with Crippen LogP contribution in [0.4, 0.5) is 4.79 Å². The van der Waals surface area contributed by atoms with Gasteiger partial charge < -0.3 is 4.74 Å². The molecule has 1 saturated heterocycles. The van der Waals surface area contributed by atoms with E-state index in [9.17, 15) is 9.59 Å². The van der Waals surface area contributed by atoms with Crippen LogP contribution >= 0.6 is 0 Å². The van der Waals surface area contributed by atoms with Gasteiger partial charge in [-0.15, -0.1) is 0 Å². The maximum atomic E-state index is 12.9. The van der Waals surface area contributed by atoms with Gasteiger partial charge >= 0.3 is 6.09 Å². The zero-order chi connectivity index (χ0) is 15.9.